The summed E-state index contributed by atoms with van der Waals surface area (Å²) in [7, 11) is 0. The number of hydrogen-bond acceptors (Lipinski definition) is 11. The maximum absolute atomic E-state index is 12.6. The summed E-state index contributed by atoms with van der Waals surface area (Å²) in [6, 6.07) is 17.3. The van der Waals surface area contributed by atoms with E-state index in [-0.39, 0.29) is 12.4 Å². The number of piperazine rings is 1. The standard InChI is InChI=1S/C28H31N7O2S2/c1-2-22-19-29-27(38-22)31-25-30-26(35-14-12-34(13-15-35)16-17-36)33-28(32-25)39-23-10-8-20(9-11-23)18-24(37)21-6-4-3-5-7-21/h3-11,19,36H,2,12-18H2,1H3,(H,29,30,31,32,33). The van der Waals surface area contributed by atoms with Crippen molar-refractivity contribution >= 4 is 45.9 Å². The Kier molecular flexibility index (Phi) is 9.15. The van der Waals surface area contributed by atoms with Crippen molar-refractivity contribution in [3.05, 3.63) is 76.8 Å². The molecule has 1 aliphatic rings. The smallest absolute Gasteiger partial charge is 0.234 e. The van der Waals surface area contributed by atoms with Gasteiger partial charge in [0.25, 0.3) is 0 Å². The van der Waals surface area contributed by atoms with Crippen LogP contribution in [0.25, 0.3) is 0 Å². The van der Waals surface area contributed by atoms with Crippen LogP contribution >= 0.6 is 23.1 Å². The molecule has 0 bridgehead atoms. The average Bonchev–Trinajstić information content (AvgIpc) is 3.42. The number of benzene rings is 2. The van der Waals surface area contributed by atoms with Crippen molar-refractivity contribution in [3.8, 4) is 0 Å². The van der Waals surface area contributed by atoms with Crippen molar-refractivity contribution in [2.24, 2.45) is 0 Å². The molecule has 2 aromatic carbocycles. The largest absolute Gasteiger partial charge is 0.395 e. The average molecular weight is 562 g/mol. The molecule has 1 aliphatic heterocycles. The van der Waals surface area contributed by atoms with Crippen molar-refractivity contribution in [2.75, 3.05) is 49.5 Å². The van der Waals surface area contributed by atoms with Gasteiger partial charge in [0, 0.05) is 60.7 Å². The summed E-state index contributed by atoms with van der Waals surface area (Å²) >= 11 is 3.05. The van der Waals surface area contributed by atoms with Gasteiger partial charge >= 0.3 is 0 Å². The van der Waals surface area contributed by atoms with E-state index in [0.29, 0.717) is 30.0 Å². The minimum absolute atomic E-state index is 0.0985. The van der Waals surface area contributed by atoms with Crippen molar-refractivity contribution in [1.82, 2.24) is 24.8 Å². The summed E-state index contributed by atoms with van der Waals surface area (Å²) in [6.45, 7) is 6.17. The van der Waals surface area contributed by atoms with Crippen LogP contribution in [0.15, 0.2) is 70.8 Å². The first kappa shape index (κ1) is 27.2. The number of aliphatic hydroxyl groups excluding tert-OH is 1. The lowest BCUT2D eigenvalue weighted by Crippen LogP contribution is -2.47. The Morgan fingerprint density at radius 3 is 2.49 bits per heavy atom. The minimum atomic E-state index is 0.0985. The molecule has 2 aromatic heterocycles. The lowest BCUT2D eigenvalue weighted by Gasteiger charge is -2.34. The highest BCUT2D eigenvalue weighted by Crippen LogP contribution is 2.29. The Hall–Kier alpha value is -3.38. The molecule has 2 N–H and O–H groups in total. The van der Waals surface area contributed by atoms with Crippen molar-refractivity contribution in [2.45, 2.75) is 29.8 Å². The third kappa shape index (κ3) is 7.39. The van der Waals surface area contributed by atoms with Gasteiger partial charge in [0.05, 0.1) is 6.61 Å². The molecule has 3 heterocycles. The van der Waals surface area contributed by atoms with Crippen LogP contribution in [0, 0.1) is 0 Å². The lowest BCUT2D eigenvalue weighted by molar-refractivity contribution is 0.0993. The van der Waals surface area contributed by atoms with Gasteiger partial charge in [0.1, 0.15) is 0 Å². The van der Waals surface area contributed by atoms with E-state index in [4.69, 9.17) is 9.97 Å². The van der Waals surface area contributed by atoms with E-state index >= 15 is 0 Å². The number of anilines is 3. The predicted octanol–water partition coefficient (Wildman–Crippen LogP) is 4.33. The second kappa shape index (κ2) is 13.1. The number of carbonyl (C=O) groups is 1. The van der Waals surface area contributed by atoms with Crippen LogP contribution in [0.3, 0.4) is 0 Å². The number of rotatable bonds is 11. The van der Waals surface area contributed by atoms with Crippen LogP contribution in [0.1, 0.15) is 27.7 Å². The molecular weight excluding hydrogens is 530 g/mol. The molecule has 0 saturated carbocycles. The van der Waals surface area contributed by atoms with Crippen LogP contribution in [-0.4, -0.2) is 75.1 Å². The number of carbonyl (C=O) groups excluding carboxylic acids is 1. The molecule has 0 amide bonds. The number of aromatic nitrogens is 4. The van der Waals surface area contributed by atoms with Gasteiger partial charge in [-0.1, -0.05) is 49.4 Å². The van der Waals surface area contributed by atoms with E-state index in [2.05, 4.69) is 32.0 Å². The topological polar surface area (TPSA) is 107 Å². The Bertz CT molecular complexity index is 1370. The first-order valence-corrected chi connectivity index (χ1v) is 14.6. The highest BCUT2D eigenvalue weighted by Gasteiger charge is 2.21. The van der Waals surface area contributed by atoms with E-state index in [0.717, 1.165) is 53.8 Å². The Balaban J connectivity index is 1.32. The van der Waals surface area contributed by atoms with Gasteiger partial charge in [0.2, 0.25) is 11.9 Å². The number of thiazole rings is 1. The van der Waals surface area contributed by atoms with E-state index < -0.39 is 0 Å². The first-order valence-electron chi connectivity index (χ1n) is 13.0. The number of Topliss-reactive ketones (excluding diaryl/α,β-unsaturated/α-hetero) is 1. The van der Waals surface area contributed by atoms with Crippen molar-refractivity contribution < 1.29 is 9.90 Å². The molecule has 1 fully saturated rings. The fourth-order valence-electron chi connectivity index (χ4n) is 4.22. The summed E-state index contributed by atoms with van der Waals surface area (Å²) in [5.41, 5.74) is 1.68. The molecule has 0 atom stereocenters. The highest BCUT2D eigenvalue weighted by atomic mass is 32.2. The van der Waals surface area contributed by atoms with E-state index in [9.17, 15) is 9.90 Å². The maximum atomic E-state index is 12.6. The zero-order valence-corrected chi connectivity index (χ0v) is 23.4. The number of aryl methyl sites for hydroxylation is 1. The highest BCUT2D eigenvalue weighted by molar-refractivity contribution is 7.99. The van der Waals surface area contributed by atoms with Gasteiger partial charge in [-0.15, -0.1) is 11.3 Å². The molecule has 202 valence electrons. The van der Waals surface area contributed by atoms with Gasteiger partial charge in [-0.3, -0.25) is 15.0 Å². The second-order valence-corrected chi connectivity index (χ2v) is 11.3. The summed E-state index contributed by atoms with van der Waals surface area (Å²) in [6.07, 6.45) is 3.15. The quantitative estimate of drug-likeness (QED) is 0.257. The van der Waals surface area contributed by atoms with E-state index in [1.165, 1.54) is 16.6 Å². The number of nitrogens with one attached hydrogen (secondary N) is 1. The van der Waals surface area contributed by atoms with Gasteiger partial charge in [-0.05, 0) is 35.9 Å². The van der Waals surface area contributed by atoms with Gasteiger partial charge in [0.15, 0.2) is 16.1 Å². The third-order valence-corrected chi connectivity index (χ3v) is 8.32. The van der Waals surface area contributed by atoms with E-state index in [1.54, 1.807) is 11.3 Å². The summed E-state index contributed by atoms with van der Waals surface area (Å²) in [4.78, 5) is 37.8. The van der Waals surface area contributed by atoms with E-state index in [1.807, 2.05) is 60.8 Å². The fraction of sp³-hybridized carbons (Fsp3) is 0.321. The zero-order valence-electron chi connectivity index (χ0n) is 21.8. The SMILES string of the molecule is CCc1cnc(Nc2nc(Sc3ccc(CC(=O)c4ccccc4)cc3)nc(N3CCN(CCO)CC3)n2)s1. The van der Waals surface area contributed by atoms with Crippen molar-refractivity contribution in [1.29, 1.82) is 0 Å². The summed E-state index contributed by atoms with van der Waals surface area (Å²) in [5.74, 6) is 1.18. The predicted molar refractivity (Wildman–Crippen MR) is 155 cm³/mol. The molecule has 4 aromatic rings. The molecule has 5 rings (SSSR count). The van der Waals surface area contributed by atoms with Gasteiger partial charge in [-0.25, -0.2) is 4.98 Å². The molecule has 0 aliphatic carbocycles. The van der Waals surface area contributed by atoms with Gasteiger partial charge < -0.3 is 10.0 Å². The zero-order chi connectivity index (χ0) is 27.0. The van der Waals surface area contributed by atoms with Crippen LogP contribution in [-0.2, 0) is 12.8 Å². The Labute approximate surface area is 236 Å². The first-order chi connectivity index (χ1) is 19.1. The minimum Gasteiger partial charge on any atom is -0.395 e. The second-order valence-electron chi connectivity index (χ2n) is 9.12. The fourth-order valence-corrected chi connectivity index (χ4v) is 5.71. The molecular formula is C28H31N7O2S2. The van der Waals surface area contributed by atoms with Crippen LogP contribution in [0.4, 0.5) is 17.0 Å². The van der Waals surface area contributed by atoms with Crippen LogP contribution in [0.2, 0.25) is 0 Å². The summed E-state index contributed by atoms with van der Waals surface area (Å²) in [5, 5.41) is 13.9. The molecule has 1 saturated heterocycles. The van der Waals surface area contributed by atoms with Crippen LogP contribution < -0.4 is 10.2 Å². The molecule has 9 nitrogen and oxygen atoms in total. The molecule has 0 spiro atoms. The lowest BCUT2D eigenvalue weighted by atomic mass is 10.0. The Morgan fingerprint density at radius 1 is 1.03 bits per heavy atom. The maximum Gasteiger partial charge on any atom is 0.234 e. The summed E-state index contributed by atoms with van der Waals surface area (Å²) < 4.78 is 0. The number of hydrogen-bond donors (Lipinski definition) is 2. The Morgan fingerprint density at radius 2 is 1.79 bits per heavy atom. The molecule has 0 unspecified atom stereocenters. The van der Waals surface area contributed by atoms with Gasteiger partial charge in [-0.2, -0.15) is 15.0 Å². The number of aliphatic hydroxyl groups is 1. The third-order valence-electron chi connectivity index (χ3n) is 6.39. The number of β-amino-alcohol motifs (C(OH)–C–C–N with tert-alkyl or cyclic N) is 1. The molecule has 39 heavy (non-hydrogen) atoms. The monoisotopic (exact) mass is 561 g/mol. The molecule has 0 radical (unpaired) electrons. The van der Waals surface area contributed by atoms with Crippen molar-refractivity contribution in [3.63, 3.8) is 0 Å². The molecule has 11 heteroatoms. The number of ketones is 1. The normalized spacial score (nSPS) is 13.9. The van der Waals surface area contributed by atoms with Crippen LogP contribution in [0.5, 0.6) is 0 Å². The number of nitrogens with zero attached hydrogens (tertiary/aromatic N) is 6.